The highest BCUT2D eigenvalue weighted by atomic mass is 35.5. The van der Waals surface area contributed by atoms with E-state index in [-0.39, 0.29) is 22.5 Å². The Morgan fingerprint density at radius 2 is 1.81 bits per heavy atom. The van der Waals surface area contributed by atoms with E-state index >= 15 is 0 Å². The van der Waals surface area contributed by atoms with Crippen molar-refractivity contribution in [2.75, 3.05) is 0 Å². The summed E-state index contributed by atoms with van der Waals surface area (Å²) in [5, 5.41) is 1.24. The zero-order chi connectivity index (χ0) is 21.8. The van der Waals surface area contributed by atoms with Crippen LogP contribution in [-0.4, -0.2) is 26.9 Å². The normalized spacial score (nSPS) is 12.1. The number of aryl methyl sites for hydroxylation is 1. The lowest BCUT2D eigenvalue weighted by Gasteiger charge is -2.08. The molecule has 0 saturated carbocycles. The maximum Gasteiger partial charge on any atom is 0.244 e. The van der Waals surface area contributed by atoms with Gasteiger partial charge in [0.15, 0.2) is 5.65 Å². The van der Waals surface area contributed by atoms with Crippen LogP contribution in [-0.2, 0) is 22.8 Å². The van der Waals surface area contributed by atoms with E-state index in [0.29, 0.717) is 27.7 Å². The summed E-state index contributed by atoms with van der Waals surface area (Å²) in [6, 6.07) is 15.1. The van der Waals surface area contributed by atoms with Crippen molar-refractivity contribution in [3.8, 4) is 11.3 Å². The first-order valence-electron chi connectivity index (χ1n) is 9.40. The minimum Gasteiger partial charge on any atom is -0.350 e. The first-order chi connectivity index (χ1) is 14.8. The molecule has 0 aliphatic rings. The highest BCUT2D eigenvalue weighted by molar-refractivity contribution is 7.89. The quantitative estimate of drug-likeness (QED) is 0.367. The van der Waals surface area contributed by atoms with Crippen molar-refractivity contribution in [1.82, 2.24) is 18.5 Å². The Balaban J connectivity index is 1.71. The molecule has 0 saturated heterocycles. The standard InChI is InChI=1S/C22H16ClFN4O2S/c1-27-12-18(16-8-7-15(24)11-19(16)27)20-17-9-10-28(21(17)26-22(23)25-20)31(29,30)13-14-5-3-2-4-6-14/h2-12H,13H2,1H3. The lowest BCUT2D eigenvalue weighted by Crippen LogP contribution is -2.14. The molecular weight excluding hydrogens is 439 g/mol. The van der Waals surface area contributed by atoms with Crippen molar-refractivity contribution in [2.45, 2.75) is 5.75 Å². The number of aromatic nitrogens is 4. The van der Waals surface area contributed by atoms with Crippen molar-refractivity contribution in [2.24, 2.45) is 7.05 Å². The molecule has 0 N–H and O–H groups in total. The minimum atomic E-state index is -3.74. The van der Waals surface area contributed by atoms with Gasteiger partial charge < -0.3 is 4.57 Å². The average molecular weight is 455 g/mol. The fourth-order valence-corrected chi connectivity index (χ4v) is 5.36. The number of halogens is 2. The van der Waals surface area contributed by atoms with E-state index < -0.39 is 10.0 Å². The Morgan fingerprint density at radius 1 is 1.03 bits per heavy atom. The molecule has 0 aliphatic carbocycles. The average Bonchev–Trinajstić information content (AvgIpc) is 3.29. The van der Waals surface area contributed by atoms with Crippen molar-refractivity contribution in [3.05, 3.63) is 83.7 Å². The molecule has 31 heavy (non-hydrogen) atoms. The van der Waals surface area contributed by atoms with E-state index in [1.54, 1.807) is 48.0 Å². The minimum absolute atomic E-state index is 0.0727. The van der Waals surface area contributed by atoms with Crippen molar-refractivity contribution < 1.29 is 12.8 Å². The van der Waals surface area contributed by atoms with Crippen LogP contribution in [0.1, 0.15) is 5.56 Å². The third-order valence-corrected chi connectivity index (χ3v) is 6.94. The molecule has 5 aromatic rings. The molecule has 0 amide bonds. The van der Waals surface area contributed by atoms with Crippen LogP contribution in [0.4, 0.5) is 4.39 Å². The van der Waals surface area contributed by atoms with Gasteiger partial charge in [0, 0.05) is 35.8 Å². The Kier molecular flexibility index (Phi) is 4.56. The molecule has 2 aromatic carbocycles. The summed E-state index contributed by atoms with van der Waals surface area (Å²) in [5.41, 5.74) is 2.76. The first-order valence-corrected chi connectivity index (χ1v) is 11.4. The zero-order valence-corrected chi connectivity index (χ0v) is 17.9. The van der Waals surface area contributed by atoms with Gasteiger partial charge in [-0.25, -0.2) is 21.8 Å². The number of fused-ring (bicyclic) bond motifs is 2. The van der Waals surface area contributed by atoms with Gasteiger partial charge in [0.1, 0.15) is 5.82 Å². The number of benzene rings is 2. The van der Waals surface area contributed by atoms with Gasteiger partial charge in [-0.15, -0.1) is 0 Å². The third kappa shape index (κ3) is 3.37. The van der Waals surface area contributed by atoms with Gasteiger partial charge in [0.2, 0.25) is 15.3 Å². The van der Waals surface area contributed by atoms with Gasteiger partial charge >= 0.3 is 0 Å². The van der Waals surface area contributed by atoms with Crippen molar-refractivity contribution in [3.63, 3.8) is 0 Å². The molecule has 0 unspecified atom stereocenters. The summed E-state index contributed by atoms with van der Waals surface area (Å²) < 4.78 is 42.9. The first kappa shape index (κ1) is 19.7. The maximum atomic E-state index is 13.7. The monoisotopic (exact) mass is 454 g/mol. The number of nitrogens with zero attached hydrogens (tertiary/aromatic N) is 4. The highest BCUT2D eigenvalue weighted by Gasteiger charge is 2.22. The second kappa shape index (κ2) is 7.18. The second-order valence-corrected chi connectivity index (χ2v) is 9.43. The van der Waals surface area contributed by atoms with Crippen LogP contribution in [0, 0.1) is 5.82 Å². The van der Waals surface area contributed by atoms with Crippen molar-refractivity contribution in [1.29, 1.82) is 0 Å². The summed E-state index contributed by atoms with van der Waals surface area (Å²) in [5.74, 6) is -0.522. The Morgan fingerprint density at radius 3 is 2.58 bits per heavy atom. The molecule has 6 nitrogen and oxygen atoms in total. The van der Waals surface area contributed by atoms with Crippen LogP contribution in [0.25, 0.3) is 33.2 Å². The van der Waals surface area contributed by atoms with Gasteiger partial charge in [-0.3, -0.25) is 0 Å². The zero-order valence-electron chi connectivity index (χ0n) is 16.3. The Bertz CT molecular complexity index is 1560. The van der Waals surface area contributed by atoms with Crippen LogP contribution in [0.15, 0.2) is 67.0 Å². The molecule has 0 spiro atoms. The highest BCUT2D eigenvalue weighted by Crippen LogP contribution is 2.35. The molecule has 3 heterocycles. The van der Waals surface area contributed by atoms with Gasteiger partial charge in [-0.05, 0) is 41.4 Å². The summed E-state index contributed by atoms with van der Waals surface area (Å²) >= 11 is 6.20. The smallest absolute Gasteiger partial charge is 0.244 e. The Labute approximate surface area is 182 Å². The van der Waals surface area contributed by atoms with Gasteiger partial charge in [0.25, 0.3) is 0 Å². The summed E-state index contributed by atoms with van der Waals surface area (Å²) in [7, 11) is -1.94. The van der Waals surface area contributed by atoms with Crippen LogP contribution in [0.2, 0.25) is 5.28 Å². The molecule has 0 radical (unpaired) electrons. The lowest BCUT2D eigenvalue weighted by molar-refractivity contribution is 0.588. The topological polar surface area (TPSA) is 69.8 Å². The molecule has 5 rings (SSSR count). The Hall–Kier alpha value is -3.23. The van der Waals surface area contributed by atoms with Crippen LogP contribution < -0.4 is 0 Å². The maximum absolute atomic E-state index is 13.7. The molecule has 0 atom stereocenters. The molecule has 0 bridgehead atoms. The fraction of sp³-hybridized carbons (Fsp3) is 0.0909. The van der Waals surface area contributed by atoms with Gasteiger partial charge in [-0.2, -0.15) is 4.98 Å². The molecule has 3 aromatic heterocycles. The van der Waals surface area contributed by atoms with Crippen LogP contribution >= 0.6 is 11.6 Å². The molecule has 0 aliphatic heterocycles. The molecular formula is C22H16ClFN4O2S. The number of hydrogen-bond donors (Lipinski definition) is 0. The second-order valence-electron chi connectivity index (χ2n) is 7.25. The predicted octanol–water partition coefficient (Wildman–Crippen LogP) is 4.76. The van der Waals surface area contributed by atoms with E-state index in [0.717, 1.165) is 9.36 Å². The van der Waals surface area contributed by atoms with E-state index in [2.05, 4.69) is 9.97 Å². The van der Waals surface area contributed by atoms with Crippen LogP contribution in [0.3, 0.4) is 0 Å². The SMILES string of the molecule is Cn1cc(-c2nc(Cl)nc3c2ccn3S(=O)(=O)Cc2ccccc2)c2ccc(F)cc21. The largest absolute Gasteiger partial charge is 0.350 e. The van der Waals surface area contributed by atoms with Gasteiger partial charge in [-0.1, -0.05) is 30.3 Å². The summed E-state index contributed by atoms with van der Waals surface area (Å²) in [6.45, 7) is 0. The summed E-state index contributed by atoms with van der Waals surface area (Å²) in [4.78, 5) is 8.58. The molecule has 0 fully saturated rings. The number of rotatable bonds is 4. The predicted molar refractivity (Wildman–Crippen MR) is 119 cm³/mol. The number of hydrogen-bond acceptors (Lipinski definition) is 4. The van der Waals surface area contributed by atoms with E-state index in [1.165, 1.54) is 18.3 Å². The van der Waals surface area contributed by atoms with Gasteiger partial charge in [0.05, 0.1) is 17.0 Å². The lowest BCUT2D eigenvalue weighted by atomic mass is 10.1. The molecule has 9 heteroatoms. The fourth-order valence-electron chi connectivity index (χ4n) is 3.80. The summed E-state index contributed by atoms with van der Waals surface area (Å²) in [6.07, 6.45) is 3.28. The van der Waals surface area contributed by atoms with E-state index in [1.807, 2.05) is 12.3 Å². The van der Waals surface area contributed by atoms with E-state index in [4.69, 9.17) is 11.6 Å². The third-order valence-electron chi connectivity index (χ3n) is 5.18. The van der Waals surface area contributed by atoms with Crippen LogP contribution in [0.5, 0.6) is 0 Å². The van der Waals surface area contributed by atoms with Crippen molar-refractivity contribution >= 4 is 43.6 Å². The van der Waals surface area contributed by atoms with E-state index in [9.17, 15) is 12.8 Å². The molecule has 156 valence electrons.